The van der Waals surface area contributed by atoms with Crippen molar-refractivity contribution in [2.75, 3.05) is 39.8 Å². The molecule has 0 atom stereocenters. The molecule has 2 heterocycles. The van der Waals surface area contributed by atoms with E-state index in [1.807, 2.05) is 4.90 Å². The summed E-state index contributed by atoms with van der Waals surface area (Å²) in [5.74, 6) is -0.927. The lowest BCUT2D eigenvalue weighted by molar-refractivity contribution is -0.122. The number of nitrogens with zero attached hydrogens (tertiary/aromatic N) is 2. The van der Waals surface area contributed by atoms with Gasteiger partial charge >= 0.3 is 0 Å². The number of hydrogen-bond donors (Lipinski definition) is 2. The minimum Gasteiger partial charge on any atom is -0.358 e. The Kier molecular flexibility index (Phi) is 5.03. The maximum Gasteiger partial charge on any atom is 0.254 e. The van der Waals surface area contributed by atoms with E-state index in [0.717, 1.165) is 0 Å². The van der Waals surface area contributed by atoms with Crippen LogP contribution in [0.5, 0.6) is 0 Å². The van der Waals surface area contributed by atoms with Crippen molar-refractivity contribution in [1.29, 1.82) is 0 Å². The van der Waals surface area contributed by atoms with Gasteiger partial charge in [0.05, 0.1) is 17.6 Å². The summed E-state index contributed by atoms with van der Waals surface area (Å²) in [7, 11) is 1.58. The Morgan fingerprint density at radius 3 is 2.54 bits per heavy atom. The lowest BCUT2D eigenvalue weighted by Gasteiger charge is -2.34. The van der Waals surface area contributed by atoms with Gasteiger partial charge in [0.15, 0.2) is 0 Å². The standard InChI is InChI=1S/C18H21FN4O3/c1-11-7-12-13(9-15(24)21-17(12)14(19)8-11)18(26)23-5-3-22(4-6-23)10-16(25)20-2/h7-9H,3-6,10H2,1-2H3,(H,20,25)(H,21,24). The molecule has 1 aromatic carbocycles. The predicted octanol–water partition coefficient (Wildman–Crippen LogP) is 0.479. The van der Waals surface area contributed by atoms with E-state index in [9.17, 15) is 18.8 Å². The van der Waals surface area contributed by atoms with Gasteiger partial charge in [-0.1, -0.05) is 0 Å². The molecule has 2 aromatic rings. The van der Waals surface area contributed by atoms with Gasteiger partial charge in [-0.05, 0) is 24.6 Å². The van der Waals surface area contributed by atoms with Crippen molar-refractivity contribution >= 4 is 22.7 Å². The van der Waals surface area contributed by atoms with Crippen LogP contribution in [0.15, 0.2) is 23.0 Å². The number of pyridine rings is 1. The number of carbonyl (C=O) groups is 2. The third-order valence-corrected chi connectivity index (χ3v) is 4.58. The molecule has 26 heavy (non-hydrogen) atoms. The molecule has 0 spiro atoms. The van der Waals surface area contributed by atoms with Crippen molar-refractivity contribution < 1.29 is 14.0 Å². The van der Waals surface area contributed by atoms with Crippen LogP contribution >= 0.6 is 0 Å². The molecular weight excluding hydrogens is 339 g/mol. The second-order valence-corrected chi connectivity index (χ2v) is 6.46. The van der Waals surface area contributed by atoms with E-state index in [-0.39, 0.29) is 29.4 Å². The summed E-state index contributed by atoms with van der Waals surface area (Å²) < 4.78 is 14.2. The molecule has 1 saturated heterocycles. The number of H-pyrrole nitrogens is 1. The number of nitrogens with one attached hydrogen (secondary N) is 2. The zero-order chi connectivity index (χ0) is 18.8. The van der Waals surface area contributed by atoms with E-state index in [1.54, 1.807) is 24.9 Å². The van der Waals surface area contributed by atoms with Crippen molar-refractivity contribution in [3.8, 4) is 0 Å². The van der Waals surface area contributed by atoms with Crippen LogP contribution in [0.25, 0.3) is 10.9 Å². The Hall–Kier alpha value is -2.74. The summed E-state index contributed by atoms with van der Waals surface area (Å²) in [6, 6.07) is 4.24. The van der Waals surface area contributed by atoms with Crippen LogP contribution in [0.2, 0.25) is 0 Å². The van der Waals surface area contributed by atoms with Gasteiger partial charge in [-0.25, -0.2) is 4.39 Å². The highest BCUT2D eigenvalue weighted by atomic mass is 19.1. The molecular formula is C18H21FN4O3. The van der Waals surface area contributed by atoms with E-state index >= 15 is 0 Å². The number of aryl methyl sites for hydroxylation is 1. The molecule has 1 aromatic heterocycles. The summed E-state index contributed by atoms with van der Waals surface area (Å²) in [6.07, 6.45) is 0. The van der Waals surface area contributed by atoms with Gasteiger partial charge in [-0.3, -0.25) is 19.3 Å². The Morgan fingerprint density at radius 1 is 1.19 bits per heavy atom. The number of carbonyl (C=O) groups excluding carboxylic acids is 2. The van der Waals surface area contributed by atoms with Gasteiger partial charge in [0.2, 0.25) is 11.5 Å². The Bertz CT molecular complexity index is 917. The van der Waals surface area contributed by atoms with E-state index in [0.29, 0.717) is 37.1 Å². The van der Waals surface area contributed by atoms with Crippen LogP contribution < -0.4 is 10.9 Å². The SMILES string of the molecule is CNC(=O)CN1CCN(C(=O)c2cc(=O)[nH]c3c(F)cc(C)cc23)CC1. The maximum absolute atomic E-state index is 14.2. The fourth-order valence-electron chi connectivity index (χ4n) is 3.19. The molecule has 0 bridgehead atoms. The number of aromatic nitrogens is 1. The molecule has 0 unspecified atom stereocenters. The minimum absolute atomic E-state index is 0.0460. The van der Waals surface area contributed by atoms with Crippen LogP contribution in [0, 0.1) is 12.7 Å². The number of likely N-dealkylation sites (N-methyl/N-ethyl adjacent to an activating group) is 1. The van der Waals surface area contributed by atoms with Crippen molar-refractivity contribution in [1.82, 2.24) is 20.1 Å². The average molecular weight is 360 g/mol. The second-order valence-electron chi connectivity index (χ2n) is 6.46. The monoisotopic (exact) mass is 360 g/mol. The van der Waals surface area contributed by atoms with Crippen LogP contribution in [-0.4, -0.2) is 66.4 Å². The summed E-state index contributed by atoms with van der Waals surface area (Å²) >= 11 is 0. The molecule has 1 fully saturated rings. The minimum atomic E-state index is -0.554. The summed E-state index contributed by atoms with van der Waals surface area (Å²) in [4.78, 5) is 42.3. The summed E-state index contributed by atoms with van der Waals surface area (Å²) in [5.41, 5.74) is 0.407. The number of fused-ring (bicyclic) bond motifs is 1. The topological polar surface area (TPSA) is 85.5 Å². The smallest absolute Gasteiger partial charge is 0.254 e. The lowest BCUT2D eigenvalue weighted by atomic mass is 10.0. The Labute approximate surface area is 149 Å². The van der Waals surface area contributed by atoms with Crippen LogP contribution in [0.1, 0.15) is 15.9 Å². The molecule has 1 aliphatic heterocycles. The number of amides is 2. The van der Waals surface area contributed by atoms with Gasteiger partial charge in [0.1, 0.15) is 5.82 Å². The normalized spacial score (nSPS) is 15.3. The first kappa shape index (κ1) is 18.1. The third-order valence-electron chi connectivity index (χ3n) is 4.58. The Balaban J connectivity index is 1.85. The van der Waals surface area contributed by atoms with E-state index < -0.39 is 11.4 Å². The van der Waals surface area contributed by atoms with E-state index in [2.05, 4.69) is 10.3 Å². The molecule has 7 nitrogen and oxygen atoms in total. The molecule has 8 heteroatoms. The third kappa shape index (κ3) is 3.60. The van der Waals surface area contributed by atoms with Crippen molar-refractivity contribution in [3.05, 3.63) is 45.5 Å². The predicted molar refractivity (Wildman–Crippen MR) is 95.7 cm³/mol. The zero-order valence-electron chi connectivity index (χ0n) is 14.8. The van der Waals surface area contributed by atoms with Crippen molar-refractivity contribution in [2.24, 2.45) is 0 Å². The lowest BCUT2D eigenvalue weighted by Crippen LogP contribution is -2.51. The fraction of sp³-hybridized carbons (Fsp3) is 0.389. The number of aromatic amines is 1. The van der Waals surface area contributed by atoms with Gasteiger partial charge in [0.25, 0.3) is 5.91 Å². The maximum atomic E-state index is 14.2. The number of rotatable bonds is 3. The molecule has 0 radical (unpaired) electrons. The zero-order valence-corrected chi connectivity index (χ0v) is 14.8. The summed E-state index contributed by atoms with van der Waals surface area (Å²) in [5, 5.41) is 2.98. The van der Waals surface area contributed by atoms with Crippen LogP contribution in [-0.2, 0) is 4.79 Å². The molecule has 2 N–H and O–H groups in total. The summed E-state index contributed by atoms with van der Waals surface area (Å²) in [6.45, 7) is 4.04. The highest BCUT2D eigenvalue weighted by molar-refractivity contribution is 6.06. The van der Waals surface area contributed by atoms with Crippen molar-refractivity contribution in [3.63, 3.8) is 0 Å². The fourth-order valence-corrected chi connectivity index (χ4v) is 3.19. The number of piperazine rings is 1. The van der Waals surface area contributed by atoms with Gasteiger partial charge in [-0.2, -0.15) is 0 Å². The van der Waals surface area contributed by atoms with Crippen LogP contribution in [0.3, 0.4) is 0 Å². The first-order valence-corrected chi connectivity index (χ1v) is 8.44. The second kappa shape index (κ2) is 7.25. The number of halogens is 1. The first-order chi connectivity index (χ1) is 12.4. The molecule has 1 aliphatic rings. The number of benzene rings is 1. The van der Waals surface area contributed by atoms with Gasteiger partial charge < -0.3 is 15.2 Å². The average Bonchev–Trinajstić information content (AvgIpc) is 2.62. The van der Waals surface area contributed by atoms with Crippen molar-refractivity contribution in [2.45, 2.75) is 6.92 Å². The van der Waals surface area contributed by atoms with E-state index in [4.69, 9.17) is 0 Å². The molecule has 2 amide bonds. The first-order valence-electron chi connectivity index (χ1n) is 8.44. The van der Waals surface area contributed by atoms with Gasteiger partial charge in [-0.15, -0.1) is 0 Å². The molecule has 138 valence electrons. The van der Waals surface area contributed by atoms with E-state index in [1.165, 1.54) is 12.1 Å². The molecule has 0 aliphatic carbocycles. The van der Waals surface area contributed by atoms with Gasteiger partial charge in [0, 0.05) is 44.7 Å². The van der Waals surface area contributed by atoms with Crippen LogP contribution in [0.4, 0.5) is 4.39 Å². The molecule has 0 saturated carbocycles. The Morgan fingerprint density at radius 2 is 1.88 bits per heavy atom. The molecule has 3 rings (SSSR count). The highest BCUT2D eigenvalue weighted by Crippen LogP contribution is 2.22. The quantitative estimate of drug-likeness (QED) is 0.834. The number of hydrogen-bond acceptors (Lipinski definition) is 4. The highest BCUT2D eigenvalue weighted by Gasteiger charge is 2.25. The largest absolute Gasteiger partial charge is 0.358 e.